The van der Waals surface area contributed by atoms with Gasteiger partial charge in [0.1, 0.15) is 24.0 Å². The molecule has 1 aliphatic heterocycles. The molecule has 0 radical (unpaired) electrons. The van der Waals surface area contributed by atoms with Crippen molar-refractivity contribution < 1.29 is 51.2 Å². The number of nitrogens with zero attached hydrogens (tertiary/aromatic N) is 3. The highest BCUT2D eigenvalue weighted by molar-refractivity contribution is 7.66. The van der Waals surface area contributed by atoms with Gasteiger partial charge in [-0.2, -0.15) is 8.62 Å². The number of hydrogen-bond acceptors (Lipinski definition) is 10. The van der Waals surface area contributed by atoms with E-state index in [1.807, 2.05) is 13.8 Å². The van der Waals surface area contributed by atoms with Crippen molar-refractivity contribution >= 4 is 40.3 Å². The summed E-state index contributed by atoms with van der Waals surface area (Å²) in [6, 6.07) is 1.74. The van der Waals surface area contributed by atoms with Gasteiger partial charge in [0, 0.05) is 12.1 Å². The van der Waals surface area contributed by atoms with Gasteiger partial charge >= 0.3 is 23.5 Å². The molecule has 2 aromatic heterocycles. The lowest BCUT2D eigenvalue weighted by Crippen LogP contribution is -2.22. The number of hydrogen-bond donors (Lipinski definition) is 5. The van der Waals surface area contributed by atoms with E-state index in [1.54, 1.807) is 16.8 Å². The van der Waals surface area contributed by atoms with Gasteiger partial charge in [0.05, 0.1) is 18.1 Å². The summed E-state index contributed by atoms with van der Waals surface area (Å²) in [6.07, 6.45) is 2.49. The molecule has 0 bridgehead atoms. The third-order valence-corrected chi connectivity index (χ3v) is 8.85. The van der Waals surface area contributed by atoms with Crippen LogP contribution in [0.5, 0.6) is 0 Å². The molecule has 3 rings (SSSR count). The van der Waals surface area contributed by atoms with Crippen molar-refractivity contribution in [3.05, 3.63) is 18.6 Å². The topological polar surface area (TPSA) is 226 Å². The quantitative estimate of drug-likeness (QED) is 0.300. The van der Waals surface area contributed by atoms with Crippen LogP contribution in [0, 0.1) is 11.8 Å². The minimum absolute atomic E-state index is 0.0590. The van der Waals surface area contributed by atoms with E-state index in [9.17, 15) is 23.5 Å². The summed E-state index contributed by atoms with van der Waals surface area (Å²) in [7, 11) is -16.3. The molecule has 6 N–H and O–H groups in total. The maximum atomic E-state index is 12.0. The highest BCUT2D eigenvalue weighted by Gasteiger charge is 2.45. The van der Waals surface area contributed by atoms with Crippen LogP contribution in [-0.4, -0.2) is 46.8 Å². The van der Waals surface area contributed by atoms with Gasteiger partial charge in [0.25, 0.3) is 0 Å². The molecule has 18 heteroatoms. The summed E-state index contributed by atoms with van der Waals surface area (Å²) in [5.74, 6) is 0.0577. The van der Waals surface area contributed by atoms with Gasteiger partial charge in [-0.3, -0.25) is 4.52 Å². The number of nitrogens with two attached hydrogens (primary N) is 1. The van der Waals surface area contributed by atoms with Crippen molar-refractivity contribution in [1.82, 2.24) is 14.5 Å². The summed E-state index contributed by atoms with van der Waals surface area (Å²) in [5.41, 5.74) is 6.42. The van der Waals surface area contributed by atoms with Crippen LogP contribution >= 0.6 is 23.5 Å². The lowest BCUT2D eigenvalue weighted by Gasteiger charge is -2.21. The van der Waals surface area contributed by atoms with E-state index in [0.29, 0.717) is 23.3 Å². The standard InChI is InChI=1S/C14H23N4O11P3/c1-3-9-8(2)11(6-26-31(22,23)29-32(24,25)28-30(19,20)21)27-14(9)18-5-4-10-12(15)16-7-17-13(10)18/h4-5,7-9,11,14H,3,6H2,1-2H3,(H,22,23)(H,24,25)(H2,15,16,17)(H2,19,20,21). The largest absolute Gasteiger partial charge is 0.490 e. The van der Waals surface area contributed by atoms with Gasteiger partial charge in [0.2, 0.25) is 0 Å². The normalized spacial score (nSPS) is 27.9. The Morgan fingerprint density at radius 3 is 2.47 bits per heavy atom. The Morgan fingerprint density at radius 1 is 1.16 bits per heavy atom. The predicted molar refractivity (Wildman–Crippen MR) is 109 cm³/mol. The molecule has 0 aromatic carbocycles. The van der Waals surface area contributed by atoms with Crippen LogP contribution in [0.4, 0.5) is 5.82 Å². The van der Waals surface area contributed by atoms with Crippen LogP contribution in [0.1, 0.15) is 26.5 Å². The fraction of sp³-hybridized carbons (Fsp3) is 0.571. The average molecular weight is 516 g/mol. The van der Waals surface area contributed by atoms with Crippen LogP contribution in [0.3, 0.4) is 0 Å². The molecular formula is C14H23N4O11P3. The smallest absolute Gasteiger partial charge is 0.383 e. The zero-order valence-corrected chi connectivity index (χ0v) is 19.5. The third-order valence-electron chi connectivity index (χ3n) is 5.05. The van der Waals surface area contributed by atoms with Crippen molar-refractivity contribution in [2.45, 2.75) is 32.6 Å². The zero-order chi connectivity index (χ0) is 23.9. The number of ether oxygens (including phenoxy) is 1. The number of anilines is 1. The maximum Gasteiger partial charge on any atom is 0.490 e. The first-order valence-electron chi connectivity index (χ1n) is 9.24. The van der Waals surface area contributed by atoms with Crippen LogP contribution in [0.15, 0.2) is 18.6 Å². The number of nitrogen functional groups attached to an aromatic ring is 1. The number of aromatic nitrogens is 3. The molecule has 6 unspecified atom stereocenters. The van der Waals surface area contributed by atoms with Gasteiger partial charge in [-0.25, -0.2) is 23.7 Å². The average Bonchev–Trinajstić information content (AvgIpc) is 3.18. The Hall–Kier alpha value is -1.21. The van der Waals surface area contributed by atoms with Gasteiger partial charge in [0.15, 0.2) is 0 Å². The highest BCUT2D eigenvalue weighted by Crippen LogP contribution is 2.66. The monoisotopic (exact) mass is 516 g/mol. The molecule has 3 heterocycles. The first-order chi connectivity index (χ1) is 14.7. The molecule has 1 aliphatic rings. The van der Waals surface area contributed by atoms with Gasteiger partial charge < -0.3 is 34.6 Å². The van der Waals surface area contributed by atoms with Crippen LogP contribution in [0.2, 0.25) is 0 Å². The molecule has 0 spiro atoms. The summed E-state index contributed by atoms with van der Waals surface area (Å²) >= 11 is 0. The van der Waals surface area contributed by atoms with Gasteiger partial charge in [-0.15, -0.1) is 0 Å². The Bertz CT molecular complexity index is 1120. The van der Waals surface area contributed by atoms with Gasteiger partial charge in [-0.05, 0) is 18.4 Å². The third kappa shape index (κ3) is 5.82. The number of fused-ring (bicyclic) bond motifs is 1. The van der Waals surface area contributed by atoms with E-state index >= 15 is 0 Å². The fourth-order valence-corrected chi connectivity index (χ4v) is 6.67. The van der Waals surface area contributed by atoms with Crippen molar-refractivity contribution in [3.8, 4) is 0 Å². The first-order valence-corrected chi connectivity index (χ1v) is 13.8. The molecule has 0 aliphatic carbocycles. The van der Waals surface area contributed by atoms with E-state index in [4.69, 9.17) is 24.8 Å². The van der Waals surface area contributed by atoms with Crippen molar-refractivity contribution in [1.29, 1.82) is 0 Å². The summed E-state index contributed by atoms with van der Waals surface area (Å²) in [5, 5.41) is 0.635. The van der Waals surface area contributed by atoms with Crippen LogP contribution < -0.4 is 5.73 Å². The molecule has 1 fully saturated rings. The molecular weight excluding hydrogens is 493 g/mol. The molecule has 1 saturated heterocycles. The molecule has 32 heavy (non-hydrogen) atoms. The molecule has 180 valence electrons. The number of rotatable bonds is 9. The second-order valence-corrected chi connectivity index (χ2v) is 11.5. The van der Waals surface area contributed by atoms with Crippen molar-refractivity contribution in [2.75, 3.05) is 12.3 Å². The van der Waals surface area contributed by atoms with E-state index in [2.05, 4.69) is 18.6 Å². The lowest BCUT2D eigenvalue weighted by atomic mass is 9.89. The van der Waals surface area contributed by atoms with Crippen molar-refractivity contribution in [3.63, 3.8) is 0 Å². The Balaban J connectivity index is 1.73. The van der Waals surface area contributed by atoms with E-state index in [0.717, 1.165) is 0 Å². The SMILES string of the molecule is CCC1C(C)C(COP(=O)(O)OP(=O)(O)OP(=O)(O)O)OC1n1ccc2c(N)ncnc21. The van der Waals surface area contributed by atoms with E-state index in [-0.39, 0.29) is 11.8 Å². The Labute approximate surface area is 182 Å². The Morgan fingerprint density at radius 2 is 1.84 bits per heavy atom. The number of phosphoric acid groups is 3. The fourth-order valence-electron chi connectivity index (χ4n) is 3.64. The summed E-state index contributed by atoms with van der Waals surface area (Å²) in [4.78, 5) is 44.3. The lowest BCUT2D eigenvalue weighted by molar-refractivity contribution is -0.0343. The minimum Gasteiger partial charge on any atom is -0.383 e. The van der Waals surface area contributed by atoms with Crippen LogP contribution in [-0.2, 0) is 31.6 Å². The van der Waals surface area contributed by atoms with Gasteiger partial charge in [-0.1, -0.05) is 13.8 Å². The number of phosphoric ester groups is 1. The zero-order valence-electron chi connectivity index (χ0n) is 16.9. The van der Waals surface area contributed by atoms with Crippen LogP contribution in [0.25, 0.3) is 11.0 Å². The molecule has 6 atom stereocenters. The highest BCUT2D eigenvalue weighted by atomic mass is 31.3. The molecule has 15 nitrogen and oxygen atoms in total. The van der Waals surface area contributed by atoms with Crippen molar-refractivity contribution in [2.24, 2.45) is 11.8 Å². The predicted octanol–water partition coefficient (Wildman–Crippen LogP) is 1.92. The second-order valence-electron chi connectivity index (χ2n) is 7.10. The second kappa shape index (κ2) is 9.21. The Kier molecular flexibility index (Phi) is 7.31. The first kappa shape index (κ1) is 25.4. The summed E-state index contributed by atoms with van der Waals surface area (Å²) in [6.45, 7) is 3.26. The van der Waals surface area contributed by atoms with E-state index < -0.39 is 42.4 Å². The molecule has 0 amide bonds. The molecule has 2 aromatic rings. The summed E-state index contributed by atoms with van der Waals surface area (Å²) < 4.78 is 54.2. The molecule has 0 saturated carbocycles. The van der Waals surface area contributed by atoms with E-state index in [1.165, 1.54) is 6.33 Å². The minimum atomic E-state index is -5.59. The maximum absolute atomic E-state index is 12.0.